The van der Waals surface area contributed by atoms with Gasteiger partial charge in [0.15, 0.2) is 0 Å². The highest BCUT2D eigenvalue weighted by Crippen LogP contribution is 2.20. The Morgan fingerprint density at radius 3 is 2.88 bits per heavy atom. The van der Waals surface area contributed by atoms with Crippen molar-refractivity contribution >= 4 is 23.7 Å². The number of carbonyl (C=O) groups is 1. The number of nitrogens with one attached hydrogen (secondary N) is 1. The van der Waals surface area contributed by atoms with Crippen LogP contribution in [0.15, 0.2) is 66.0 Å². The molecule has 26 heavy (non-hydrogen) atoms. The Bertz CT molecular complexity index is 996. The molecule has 0 fully saturated rings. The topological polar surface area (TPSA) is 123 Å². The third-order valence-corrected chi connectivity index (χ3v) is 3.50. The first-order chi connectivity index (χ1) is 12.6. The molecular formula is C17H13N5O4. The average molecular weight is 351 g/mol. The van der Waals surface area contributed by atoms with E-state index in [1.807, 2.05) is 0 Å². The number of hydrazone groups is 1. The SMILES string of the molecule is O=C(O)c1cccc(-n2cccc2/C=N\Nc2ncccc2[N+](=O)[O-])c1. The number of aromatic carboxylic acids is 1. The first-order valence-corrected chi connectivity index (χ1v) is 7.46. The largest absolute Gasteiger partial charge is 0.478 e. The molecule has 0 radical (unpaired) electrons. The van der Waals surface area contributed by atoms with Gasteiger partial charge in [0.2, 0.25) is 5.82 Å². The highest BCUT2D eigenvalue weighted by Gasteiger charge is 2.13. The lowest BCUT2D eigenvalue weighted by Crippen LogP contribution is -2.03. The van der Waals surface area contributed by atoms with Crippen molar-refractivity contribution in [1.29, 1.82) is 0 Å². The van der Waals surface area contributed by atoms with E-state index in [-0.39, 0.29) is 17.1 Å². The van der Waals surface area contributed by atoms with E-state index in [9.17, 15) is 14.9 Å². The second-order valence-corrected chi connectivity index (χ2v) is 5.16. The molecule has 2 aromatic heterocycles. The number of anilines is 1. The number of hydrogen-bond acceptors (Lipinski definition) is 6. The molecule has 0 saturated heterocycles. The fraction of sp³-hybridized carbons (Fsp3) is 0. The summed E-state index contributed by atoms with van der Waals surface area (Å²) in [5.41, 5.74) is 3.84. The van der Waals surface area contributed by atoms with E-state index in [2.05, 4.69) is 15.5 Å². The molecule has 1 aromatic carbocycles. The lowest BCUT2D eigenvalue weighted by molar-refractivity contribution is -0.384. The van der Waals surface area contributed by atoms with Crippen molar-refractivity contribution < 1.29 is 14.8 Å². The number of nitro groups is 1. The number of aromatic nitrogens is 2. The van der Waals surface area contributed by atoms with Crippen molar-refractivity contribution in [1.82, 2.24) is 9.55 Å². The standard InChI is InChI=1S/C17H13N5O4/c23-17(24)12-4-1-5-13(10-12)21-9-3-6-14(21)11-19-20-16-15(22(25)26)7-2-8-18-16/h1-11H,(H,18,20)(H,23,24)/b19-11-. The van der Waals surface area contributed by atoms with E-state index in [4.69, 9.17) is 5.11 Å². The van der Waals surface area contributed by atoms with E-state index in [1.165, 1.54) is 36.7 Å². The predicted octanol–water partition coefficient (Wildman–Crippen LogP) is 2.92. The molecule has 0 aliphatic heterocycles. The Balaban J connectivity index is 1.84. The van der Waals surface area contributed by atoms with Gasteiger partial charge in [0.1, 0.15) is 0 Å². The molecule has 3 rings (SSSR count). The summed E-state index contributed by atoms with van der Waals surface area (Å²) in [5, 5.41) is 24.1. The van der Waals surface area contributed by atoms with Crippen LogP contribution in [0.3, 0.4) is 0 Å². The first-order valence-electron chi connectivity index (χ1n) is 7.46. The van der Waals surface area contributed by atoms with Crippen LogP contribution in [-0.2, 0) is 0 Å². The van der Waals surface area contributed by atoms with Crippen molar-refractivity contribution in [3.05, 3.63) is 82.3 Å². The summed E-state index contributed by atoms with van der Waals surface area (Å²) in [7, 11) is 0. The molecule has 2 N–H and O–H groups in total. The zero-order chi connectivity index (χ0) is 18.5. The van der Waals surface area contributed by atoms with Crippen LogP contribution >= 0.6 is 0 Å². The van der Waals surface area contributed by atoms with Crippen LogP contribution in [0.25, 0.3) is 5.69 Å². The van der Waals surface area contributed by atoms with Gasteiger partial charge in [-0.1, -0.05) is 6.07 Å². The lowest BCUT2D eigenvalue weighted by atomic mass is 10.2. The van der Waals surface area contributed by atoms with Crippen LogP contribution in [0.1, 0.15) is 16.1 Å². The van der Waals surface area contributed by atoms with Crippen LogP contribution in [-0.4, -0.2) is 31.8 Å². The van der Waals surface area contributed by atoms with Gasteiger partial charge in [-0.3, -0.25) is 15.5 Å². The third-order valence-electron chi connectivity index (χ3n) is 3.50. The van der Waals surface area contributed by atoms with Gasteiger partial charge in [-0.15, -0.1) is 0 Å². The van der Waals surface area contributed by atoms with Gasteiger partial charge in [0.05, 0.1) is 22.4 Å². The summed E-state index contributed by atoms with van der Waals surface area (Å²) in [6.07, 6.45) is 4.64. The molecule has 0 unspecified atom stereocenters. The van der Waals surface area contributed by atoms with Gasteiger partial charge < -0.3 is 9.67 Å². The first kappa shape index (κ1) is 16.8. The zero-order valence-electron chi connectivity index (χ0n) is 13.3. The smallest absolute Gasteiger partial charge is 0.335 e. The van der Waals surface area contributed by atoms with Crippen molar-refractivity contribution in [3.63, 3.8) is 0 Å². The Kier molecular flexibility index (Phi) is 4.70. The number of pyridine rings is 1. The Hall–Kier alpha value is -4.01. The summed E-state index contributed by atoms with van der Waals surface area (Å²) in [6.45, 7) is 0. The number of benzene rings is 1. The summed E-state index contributed by atoms with van der Waals surface area (Å²) < 4.78 is 1.74. The highest BCUT2D eigenvalue weighted by atomic mass is 16.6. The molecule has 0 spiro atoms. The van der Waals surface area contributed by atoms with E-state index < -0.39 is 10.9 Å². The second-order valence-electron chi connectivity index (χ2n) is 5.16. The molecular weight excluding hydrogens is 338 g/mol. The number of carboxylic acid groups (broad SMARTS) is 1. The minimum Gasteiger partial charge on any atom is -0.478 e. The van der Waals surface area contributed by atoms with Gasteiger partial charge in [-0.2, -0.15) is 5.10 Å². The molecule has 0 aliphatic rings. The molecule has 3 aromatic rings. The molecule has 0 saturated carbocycles. The van der Waals surface area contributed by atoms with Crippen molar-refractivity contribution in [2.75, 3.05) is 5.43 Å². The second kappa shape index (κ2) is 7.26. The zero-order valence-corrected chi connectivity index (χ0v) is 13.3. The fourth-order valence-corrected chi connectivity index (χ4v) is 2.31. The molecule has 9 nitrogen and oxygen atoms in total. The quantitative estimate of drug-likeness (QED) is 0.400. The molecule has 0 atom stereocenters. The predicted molar refractivity (Wildman–Crippen MR) is 94.8 cm³/mol. The minimum absolute atomic E-state index is 0.0275. The molecule has 9 heteroatoms. The maximum atomic E-state index is 11.1. The number of carboxylic acids is 1. The highest BCUT2D eigenvalue weighted by molar-refractivity contribution is 5.88. The Labute approximate surface area is 147 Å². The molecule has 0 amide bonds. The van der Waals surface area contributed by atoms with E-state index in [0.29, 0.717) is 11.4 Å². The van der Waals surface area contributed by atoms with Gasteiger partial charge in [-0.05, 0) is 36.4 Å². The van der Waals surface area contributed by atoms with Crippen LogP contribution in [0.2, 0.25) is 0 Å². The van der Waals surface area contributed by atoms with Crippen molar-refractivity contribution in [2.24, 2.45) is 5.10 Å². The van der Waals surface area contributed by atoms with Gasteiger partial charge >= 0.3 is 11.7 Å². The van der Waals surface area contributed by atoms with Crippen molar-refractivity contribution in [2.45, 2.75) is 0 Å². The van der Waals surface area contributed by atoms with Crippen LogP contribution in [0.4, 0.5) is 11.5 Å². The number of rotatable bonds is 6. The third kappa shape index (κ3) is 3.56. The molecule has 0 bridgehead atoms. The van der Waals surface area contributed by atoms with E-state index >= 15 is 0 Å². The lowest BCUT2D eigenvalue weighted by Gasteiger charge is -2.07. The van der Waals surface area contributed by atoms with E-state index in [1.54, 1.807) is 35.0 Å². The average Bonchev–Trinajstić information content (AvgIpc) is 3.10. The summed E-state index contributed by atoms with van der Waals surface area (Å²) in [6, 6.07) is 12.8. The summed E-state index contributed by atoms with van der Waals surface area (Å²) in [4.78, 5) is 25.4. The van der Waals surface area contributed by atoms with Crippen LogP contribution in [0.5, 0.6) is 0 Å². The van der Waals surface area contributed by atoms with Crippen molar-refractivity contribution in [3.8, 4) is 5.69 Å². The van der Waals surface area contributed by atoms with Crippen LogP contribution < -0.4 is 5.43 Å². The van der Waals surface area contributed by atoms with Crippen LogP contribution in [0, 0.1) is 10.1 Å². The maximum Gasteiger partial charge on any atom is 0.335 e. The molecule has 0 aliphatic carbocycles. The maximum absolute atomic E-state index is 11.1. The number of hydrogen-bond donors (Lipinski definition) is 2. The molecule has 130 valence electrons. The summed E-state index contributed by atoms with van der Waals surface area (Å²) in [5.74, 6) is -0.988. The summed E-state index contributed by atoms with van der Waals surface area (Å²) >= 11 is 0. The van der Waals surface area contributed by atoms with E-state index in [0.717, 1.165) is 0 Å². The van der Waals surface area contributed by atoms with Gasteiger partial charge in [0, 0.05) is 24.1 Å². The van der Waals surface area contributed by atoms with Gasteiger partial charge in [-0.25, -0.2) is 9.78 Å². The normalized spacial score (nSPS) is 10.8. The molecule has 2 heterocycles. The fourth-order valence-electron chi connectivity index (χ4n) is 2.31. The Morgan fingerprint density at radius 2 is 2.12 bits per heavy atom. The van der Waals surface area contributed by atoms with Gasteiger partial charge in [0.25, 0.3) is 0 Å². The number of nitrogens with zero attached hydrogens (tertiary/aromatic N) is 4. The minimum atomic E-state index is -1.02. The monoisotopic (exact) mass is 351 g/mol. The Morgan fingerprint density at radius 1 is 1.27 bits per heavy atom.